The number of rotatable bonds is 2. The summed E-state index contributed by atoms with van der Waals surface area (Å²) in [5.74, 6) is -0.274. The molecule has 0 amide bonds. The molecule has 0 radical (unpaired) electrons. The summed E-state index contributed by atoms with van der Waals surface area (Å²) < 4.78 is 35.7. The monoisotopic (exact) mass is 346 g/mol. The maximum atomic E-state index is 14.1. The van der Waals surface area contributed by atoms with E-state index in [0.29, 0.717) is 17.9 Å². The number of benzene rings is 1. The molecule has 3 aromatic rings. The molecule has 0 N–H and O–H groups in total. The molecular formula is C15H12F2N6S. The van der Waals surface area contributed by atoms with Gasteiger partial charge in [-0.15, -0.1) is 0 Å². The van der Waals surface area contributed by atoms with Crippen LogP contribution in [0.4, 0.5) is 20.3 Å². The minimum absolute atomic E-state index is 0.173. The van der Waals surface area contributed by atoms with Gasteiger partial charge in [0, 0.05) is 25.2 Å². The van der Waals surface area contributed by atoms with Crippen LogP contribution in [-0.4, -0.2) is 43.9 Å². The lowest BCUT2D eigenvalue weighted by Crippen LogP contribution is -2.47. The fourth-order valence-corrected chi connectivity index (χ4v) is 4.25. The minimum Gasteiger partial charge on any atom is -0.362 e. The normalized spacial score (nSPS) is 22.8. The molecular weight excluding hydrogens is 334 g/mol. The van der Waals surface area contributed by atoms with Crippen LogP contribution < -0.4 is 9.80 Å². The van der Waals surface area contributed by atoms with E-state index < -0.39 is 11.6 Å². The average Bonchev–Trinajstić information content (AvgIpc) is 3.29. The molecule has 9 heteroatoms. The smallest absolute Gasteiger partial charge is 0.198 e. The third-order valence-electron chi connectivity index (χ3n) is 4.77. The number of hydrogen-bond donors (Lipinski definition) is 0. The number of fused-ring (bicyclic) bond motifs is 3. The third-order valence-corrected chi connectivity index (χ3v) is 5.29. The number of nitrogens with zero attached hydrogens (tertiary/aromatic N) is 6. The van der Waals surface area contributed by atoms with Crippen molar-refractivity contribution in [2.75, 3.05) is 22.9 Å². The Hall–Kier alpha value is -2.42. The van der Waals surface area contributed by atoms with Crippen molar-refractivity contribution in [1.82, 2.24) is 18.7 Å². The molecule has 5 rings (SSSR count). The highest BCUT2D eigenvalue weighted by Gasteiger charge is 2.45. The summed E-state index contributed by atoms with van der Waals surface area (Å²) in [6.45, 7) is 1.40. The van der Waals surface area contributed by atoms with Gasteiger partial charge in [0.25, 0.3) is 0 Å². The number of hydrogen-bond acceptors (Lipinski definition) is 7. The first-order valence-corrected chi connectivity index (χ1v) is 8.35. The van der Waals surface area contributed by atoms with E-state index in [0.717, 1.165) is 42.1 Å². The summed E-state index contributed by atoms with van der Waals surface area (Å²) in [5, 5.41) is 0. The quantitative estimate of drug-likeness (QED) is 0.709. The summed E-state index contributed by atoms with van der Waals surface area (Å²) in [6.07, 6.45) is 2.42. The van der Waals surface area contributed by atoms with Crippen molar-refractivity contribution in [2.24, 2.45) is 0 Å². The van der Waals surface area contributed by atoms with Crippen LogP contribution in [0.2, 0.25) is 0 Å². The average molecular weight is 346 g/mol. The van der Waals surface area contributed by atoms with Gasteiger partial charge in [-0.05, 0) is 18.6 Å². The molecule has 0 saturated carbocycles. The fourth-order valence-electron chi connectivity index (χ4n) is 3.75. The maximum absolute atomic E-state index is 14.1. The van der Waals surface area contributed by atoms with Crippen LogP contribution in [0.1, 0.15) is 6.42 Å². The first kappa shape index (κ1) is 14.0. The van der Waals surface area contributed by atoms with Crippen molar-refractivity contribution in [3.05, 3.63) is 36.2 Å². The number of piperazine rings is 1. The molecule has 1 aromatic carbocycles. The molecule has 2 fully saturated rings. The zero-order chi connectivity index (χ0) is 16.3. The standard InChI is InChI=1S/C15H12F2N6S/c16-8-1-2-12(11(17)3-8)22-5-10-4-9(22)6-23(10)15-13-14(18-7-19-15)21-24-20-13/h1-3,7,9-10H,4-6H2/t9-,10+/m0/s1. The van der Waals surface area contributed by atoms with Gasteiger partial charge in [-0.1, -0.05) is 0 Å². The van der Waals surface area contributed by atoms with Gasteiger partial charge in [-0.3, -0.25) is 0 Å². The highest BCUT2D eigenvalue weighted by atomic mass is 32.1. The molecule has 2 aliphatic rings. The summed E-state index contributed by atoms with van der Waals surface area (Å²) in [6, 6.07) is 4.15. The van der Waals surface area contributed by atoms with Gasteiger partial charge in [0.2, 0.25) is 0 Å². The molecule has 6 nitrogen and oxygen atoms in total. The second-order valence-electron chi connectivity index (χ2n) is 6.08. The summed E-state index contributed by atoms with van der Waals surface area (Å²) in [5.41, 5.74) is 1.79. The highest BCUT2D eigenvalue weighted by Crippen LogP contribution is 2.39. The van der Waals surface area contributed by atoms with Crippen LogP contribution in [0.15, 0.2) is 24.5 Å². The van der Waals surface area contributed by atoms with E-state index in [1.165, 1.54) is 18.5 Å². The van der Waals surface area contributed by atoms with Gasteiger partial charge < -0.3 is 9.80 Å². The Morgan fingerprint density at radius 1 is 1.04 bits per heavy atom. The van der Waals surface area contributed by atoms with E-state index in [9.17, 15) is 8.78 Å². The molecule has 122 valence electrons. The Bertz CT molecular complexity index is 931. The molecule has 2 atom stereocenters. The van der Waals surface area contributed by atoms with Gasteiger partial charge in [0.05, 0.1) is 23.5 Å². The number of aromatic nitrogens is 4. The van der Waals surface area contributed by atoms with Crippen molar-refractivity contribution >= 4 is 34.4 Å². The highest BCUT2D eigenvalue weighted by molar-refractivity contribution is 7.00. The fraction of sp³-hybridized carbons (Fsp3) is 0.333. The third kappa shape index (κ3) is 1.97. The van der Waals surface area contributed by atoms with Crippen LogP contribution in [-0.2, 0) is 0 Å². The van der Waals surface area contributed by atoms with E-state index in [1.54, 1.807) is 0 Å². The predicted octanol–water partition coefficient (Wildman–Crippen LogP) is 2.23. The minimum atomic E-state index is -0.554. The lowest BCUT2D eigenvalue weighted by Gasteiger charge is -2.36. The van der Waals surface area contributed by atoms with Crippen LogP contribution >= 0.6 is 11.7 Å². The zero-order valence-electron chi connectivity index (χ0n) is 12.4. The molecule has 2 saturated heterocycles. The number of halogens is 2. The molecule has 0 unspecified atom stereocenters. The number of anilines is 2. The van der Waals surface area contributed by atoms with Crippen molar-refractivity contribution in [2.45, 2.75) is 18.5 Å². The van der Waals surface area contributed by atoms with E-state index in [2.05, 4.69) is 23.6 Å². The van der Waals surface area contributed by atoms with Gasteiger partial charge in [0.15, 0.2) is 17.0 Å². The summed E-state index contributed by atoms with van der Waals surface area (Å²) >= 11 is 1.12. The maximum Gasteiger partial charge on any atom is 0.198 e. The second-order valence-corrected chi connectivity index (χ2v) is 6.61. The van der Waals surface area contributed by atoms with E-state index in [-0.39, 0.29) is 12.1 Å². The molecule has 24 heavy (non-hydrogen) atoms. The van der Waals surface area contributed by atoms with E-state index in [4.69, 9.17) is 0 Å². The topological polar surface area (TPSA) is 58.0 Å². The Kier molecular flexibility index (Phi) is 2.93. The largest absolute Gasteiger partial charge is 0.362 e. The Labute approximate surface area is 140 Å². The van der Waals surface area contributed by atoms with E-state index >= 15 is 0 Å². The van der Waals surface area contributed by atoms with Gasteiger partial charge in [0.1, 0.15) is 18.0 Å². The zero-order valence-corrected chi connectivity index (χ0v) is 13.2. The summed E-state index contributed by atoms with van der Waals surface area (Å²) in [7, 11) is 0. The van der Waals surface area contributed by atoms with Crippen LogP contribution in [0, 0.1) is 11.6 Å². The van der Waals surface area contributed by atoms with Gasteiger partial charge >= 0.3 is 0 Å². The molecule has 2 bridgehead atoms. The van der Waals surface area contributed by atoms with Crippen molar-refractivity contribution in [3.63, 3.8) is 0 Å². The van der Waals surface area contributed by atoms with Crippen molar-refractivity contribution in [1.29, 1.82) is 0 Å². The van der Waals surface area contributed by atoms with Gasteiger partial charge in [-0.2, -0.15) is 8.75 Å². The van der Waals surface area contributed by atoms with Crippen LogP contribution in [0.25, 0.3) is 11.2 Å². The Morgan fingerprint density at radius 2 is 1.88 bits per heavy atom. The lowest BCUT2D eigenvalue weighted by atomic mass is 10.2. The second kappa shape index (κ2) is 5.04. The molecule has 2 aliphatic heterocycles. The molecule has 2 aromatic heterocycles. The van der Waals surface area contributed by atoms with Gasteiger partial charge in [-0.25, -0.2) is 18.7 Å². The van der Waals surface area contributed by atoms with Crippen molar-refractivity contribution < 1.29 is 8.78 Å². The van der Waals surface area contributed by atoms with Crippen molar-refractivity contribution in [3.8, 4) is 0 Å². The molecule has 4 heterocycles. The first-order valence-electron chi connectivity index (χ1n) is 7.62. The Morgan fingerprint density at radius 3 is 2.67 bits per heavy atom. The van der Waals surface area contributed by atoms with Crippen LogP contribution in [0.3, 0.4) is 0 Å². The SMILES string of the molecule is Fc1ccc(N2C[C@H]3C[C@H]2CN3c2ncnc3nsnc23)c(F)c1. The van der Waals surface area contributed by atoms with E-state index in [1.807, 2.05) is 4.90 Å². The Balaban J connectivity index is 1.45. The predicted molar refractivity (Wildman–Crippen MR) is 86.2 cm³/mol. The summed E-state index contributed by atoms with van der Waals surface area (Å²) in [4.78, 5) is 12.7. The molecule has 0 aliphatic carbocycles. The van der Waals surface area contributed by atoms with Crippen LogP contribution in [0.5, 0.6) is 0 Å². The first-order chi connectivity index (χ1) is 11.7. The lowest BCUT2D eigenvalue weighted by molar-refractivity contribution is 0.568. The molecule has 0 spiro atoms.